The molecule has 0 aliphatic rings. The molecule has 132 heavy (non-hydrogen) atoms. The summed E-state index contributed by atoms with van der Waals surface area (Å²) in [6.45, 7) is 17.2. The van der Waals surface area contributed by atoms with E-state index in [4.69, 9.17) is 81.0 Å². The number of nitrogens with zero attached hydrogens (tertiary/aromatic N) is 21. The summed E-state index contributed by atoms with van der Waals surface area (Å²) >= 11 is 13.6. The van der Waals surface area contributed by atoms with Crippen LogP contribution in [-0.2, 0) is 34.6 Å². The summed E-state index contributed by atoms with van der Waals surface area (Å²) in [6.07, 6.45) is 18.7. The number of aliphatic hydroxyl groups is 1. The van der Waals surface area contributed by atoms with Crippen molar-refractivity contribution < 1.29 is 43.0 Å². The van der Waals surface area contributed by atoms with E-state index in [1.165, 1.54) is 0 Å². The lowest BCUT2D eigenvalue weighted by Gasteiger charge is -2.29. The minimum Gasteiger partial charge on any atom is -0.497 e. The van der Waals surface area contributed by atoms with E-state index in [1.807, 2.05) is 166 Å². The third-order valence-corrected chi connectivity index (χ3v) is 23.1. The van der Waals surface area contributed by atoms with Gasteiger partial charge in [0.1, 0.15) is 56.0 Å². The summed E-state index contributed by atoms with van der Waals surface area (Å²) in [5.74, 6) is 5.43. The molecule has 0 bridgehead atoms. The Hall–Kier alpha value is -14.0. The molecule has 0 spiro atoms. The lowest BCUT2D eigenvalue weighted by molar-refractivity contribution is 0.296. The highest BCUT2D eigenvalue weighted by molar-refractivity contribution is 6.41. The van der Waals surface area contributed by atoms with Gasteiger partial charge in [0.15, 0.2) is 0 Å². The van der Waals surface area contributed by atoms with Crippen molar-refractivity contribution in [3.8, 4) is 91.0 Å². The quantitative estimate of drug-likeness (QED) is 0.0386. The summed E-state index contributed by atoms with van der Waals surface area (Å²) < 4.78 is 51.1. The van der Waals surface area contributed by atoms with Crippen LogP contribution in [0.2, 0.25) is 10.0 Å². The first-order chi connectivity index (χ1) is 63.8. The van der Waals surface area contributed by atoms with Gasteiger partial charge in [0, 0.05) is 233 Å². The maximum Gasteiger partial charge on any atom is 0.143 e. The van der Waals surface area contributed by atoms with Gasteiger partial charge in [-0.2, -0.15) is 20.4 Å². The normalized spacial score (nSPS) is 11.2. The molecule has 31 nitrogen and oxygen atoms in total. The first kappa shape index (κ1) is 95.6. The number of aryl methyl sites for hydroxylation is 4. The number of halogens is 2. The van der Waals surface area contributed by atoms with Crippen molar-refractivity contribution in [3.05, 3.63) is 216 Å². The molecular formula is C99H114Cl2N22O9. The molecule has 0 fully saturated rings. The Morgan fingerprint density at radius 1 is 0.379 bits per heavy atom. The van der Waals surface area contributed by atoms with Crippen molar-refractivity contribution in [3.63, 3.8) is 0 Å². The van der Waals surface area contributed by atoms with E-state index < -0.39 is 0 Å². The zero-order valence-corrected chi connectivity index (χ0v) is 79.9. The van der Waals surface area contributed by atoms with Gasteiger partial charge in [-0.25, -0.2) is 19.9 Å². The molecule has 0 unspecified atom stereocenters. The Labute approximate surface area is 779 Å². The summed E-state index contributed by atoms with van der Waals surface area (Å²) in [5, 5.41) is 31.0. The number of hydrogen-bond donors (Lipinski definition) is 2. The molecule has 16 rings (SSSR count). The van der Waals surface area contributed by atoms with Gasteiger partial charge >= 0.3 is 0 Å². The maximum absolute atomic E-state index is 9.44. The van der Waals surface area contributed by atoms with E-state index in [2.05, 4.69) is 143 Å². The molecule has 0 aliphatic heterocycles. The second-order valence-corrected chi connectivity index (χ2v) is 32.5. The molecule has 2 N–H and O–H groups in total. The third kappa shape index (κ3) is 22.4. The number of nitrogens with one attached hydrogen (secondary N) is 1. The Morgan fingerprint density at radius 3 is 1.07 bits per heavy atom. The van der Waals surface area contributed by atoms with Crippen molar-refractivity contribution in [2.75, 3.05) is 136 Å². The third-order valence-electron chi connectivity index (χ3n) is 22.4. The van der Waals surface area contributed by atoms with Crippen LogP contribution in [0.5, 0.6) is 46.0 Å². The van der Waals surface area contributed by atoms with Gasteiger partial charge in [0.2, 0.25) is 0 Å². The van der Waals surface area contributed by atoms with Crippen LogP contribution in [0.4, 0.5) is 45.5 Å². The van der Waals surface area contributed by atoms with Crippen LogP contribution in [-0.4, -0.2) is 212 Å². The number of rotatable bonds is 33. The molecule has 688 valence electrons. The highest BCUT2D eigenvalue weighted by Gasteiger charge is 2.27. The second kappa shape index (κ2) is 44.1. The predicted octanol–water partition coefficient (Wildman–Crippen LogP) is 18.6. The minimum absolute atomic E-state index is 0.0493. The topological polar surface area (TPSA) is 297 Å². The molecule has 8 aromatic carbocycles. The number of aromatic nitrogens is 16. The van der Waals surface area contributed by atoms with E-state index in [9.17, 15) is 5.11 Å². The summed E-state index contributed by atoms with van der Waals surface area (Å²) in [7, 11) is 24.8. The summed E-state index contributed by atoms with van der Waals surface area (Å²) in [5.41, 5.74) is 23.9. The van der Waals surface area contributed by atoms with Gasteiger partial charge < -0.3 is 72.8 Å². The molecule has 8 aromatic heterocycles. The lowest BCUT2D eigenvalue weighted by Crippen LogP contribution is -2.33. The number of methoxy groups -OCH3 is 8. The smallest absolute Gasteiger partial charge is 0.143 e. The number of fused-ring (bicyclic) bond motifs is 4. The molecule has 0 atom stereocenters. The average Bonchev–Trinajstić information content (AvgIpc) is 1.40. The van der Waals surface area contributed by atoms with Gasteiger partial charge in [-0.05, 0) is 114 Å². The van der Waals surface area contributed by atoms with Crippen LogP contribution in [0.15, 0.2) is 189 Å². The van der Waals surface area contributed by atoms with Gasteiger partial charge in [-0.3, -0.25) is 38.7 Å². The second-order valence-electron chi connectivity index (χ2n) is 31.7. The fourth-order valence-electron chi connectivity index (χ4n) is 15.1. The maximum atomic E-state index is 9.44. The molecule has 8 heterocycles. The zero-order valence-electron chi connectivity index (χ0n) is 78.4. The van der Waals surface area contributed by atoms with Crippen LogP contribution >= 0.6 is 23.2 Å². The van der Waals surface area contributed by atoms with Crippen molar-refractivity contribution >= 4 is 113 Å². The van der Waals surface area contributed by atoms with Gasteiger partial charge in [-0.15, -0.1) is 0 Å². The number of likely N-dealkylation sites (N-methyl/N-ethyl adjacent to an activating group) is 1. The molecule has 0 radical (unpaired) electrons. The summed E-state index contributed by atoms with van der Waals surface area (Å²) in [6, 6.07) is 44.0. The van der Waals surface area contributed by atoms with E-state index in [-0.39, 0.29) is 6.61 Å². The highest BCUT2D eigenvalue weighted by atomic mass is 35.5. The van der Waals surface area contributed by atoms with E-state index >= 15 is 0 Å². The number of anilines is 8. The van der Waals surface area contributed by atoms with E-state index in [0.29, 0.717) is 52.8 Å². The lowest BCUT2D eigenvalue weighted by atomic mass is 10.1. The first-order valence-corrected chi connectivity index (χ1v) is 44.0. The number of ether oxygens (including phenoxy) is 8. The summed E-state index contributed by atoms with van der Waals surface area (Å²) in [4.78, 5) is 48.9. The molecular weight excluding hydrogens is 1710 g/mol. The first-order valence-electron chi connectivity index (χ1n) is 43.3. The highest BCUT2D eigenvalue weighted by Crippen LogP contribution is 2.49. The van der Waals surface area contributed by atoms with Gasteiger partial charge in [-0.1, -0.05) is 50.9 Å². The van der Waals surface area contributed by atoms with Crippen molar-refractivity contribution in [1.82, 2.24) is 89.2 Å². The zero-order chi connectivity index (χ0) is 94.0. The van der Waals surface area contributed by atoms with Crippen LogP contribution in [0.3, 0.4) is 0 Å². The number of benzene rings is 8. The van der Waals surface area contributed by atoms with E-state index in [0.717, 1.165) is 220 Å². The Kier molecular flexibility index (Phi) is 31.9. The molecule has 0 aliphatic carbocycles. The van der Waals surface area contributed by atoms with Gasteiger partial charge in [0.25, 0.3) is 0 Å². The molecule has 0 saturated heterocycles. The standard InChI is InChI=1S/C26H30Cl2N6O2.C25H29N5O3.C24H28N6O2.C24H27N5O2/c1-15(2)29-9-10-34(26-24(27)22(35-5)12-23(36-6)25(26)28)17-7-8-19-20(11-17)32-21(14-30-19)18-13-31-33(4)16(18)3;1-5-9-30(18-11-19(32-3)14-20(12-18)33-4)17-6-7-22-23(13-17)28-24(16-26-22)21-15-27-29(2)25(21)8-10-31;1-28(2)8-9-30(19-10-20(31-4)13-21(11-19)32-5)18-6-7-22-23(12-18)27-24(15-25-22)17-14-26-29(3)16-17;1-6-9-29(18-10-19(30-4)13-20(11-18)31-5)17-7-8-22-23(12-17)27-24(15-25-22)21-14-26-28(3)16(21)2/h7-8,11-15,29H,9-10H2,1-6H3;6-7,11-16,31H,5,8-10H2,1-4H3;6-7,10-16H,8-9H2,1-5H3;7-8,10-15H,6,9H2,1-5H3. The average molecular weight is 1830 g/mol. The molecule has 0 amide bonds. The fraction of sp³-hybridized carbons (Fsp3) is 0.313. The molecule has 16 aromatic rings. The Balaban J connectivity index is 0.000000150. The number of hydrogen-bond acceptors (Lipinski definition) is 27. The fourth-order valence-corrected chi connectivity index (χ4v) is 15.8. The Bertz CT molecular complexity index is 6570. The molecule has 0 saturated carbocycles. The largest absolute Gasteiger partial charge is 0.497 e. The van der Waals surface area contributed by atoms with Crippen molar-refractivity contribution in [1.29, 1.82) is 0 Å². The van der Waals surface area contributed by atoms with Crippen LogP contribution in [0.1, 0.15) is 57.6 Å². The minimum atomic E-state index is 0.0493. The van der Waals surface area contributed by atoms with Crippen LogP contribution in [0, 0.1) is 13.8 Å². The van der Waals surface area contributed by atoms with Crippen LogP contribution in [0.25, 0.3) is 89.2 Å². The molecule has 33 heteroatoms. The Morgan fingerprint density at radius 2 is 0.735 bits per heavy atom. The monoisotopic (exact) mass is 1820 g/mol. The number of aliphatic hydroxyl groups excluding tert-OH is 1. The van der Waals surface area contributed by atoms with Crippen molar-refractivity contribution in [2.24, 2.45) is 28.2 Å². The van der Waals surface area contributed by atoms with Crippen LogP contribution < -0.4 is 62.8 Å². The van der Waals surface area contributed by atoms with Gasteiger partial charge in [0.05, 0.1) is 179 Å². The van der Waals surface area contributed by atoms with E-state index in [1.54, 1.807) is 109 Å². The van der Waals surface area contributed by atoms with Crippen molar-refractivity contribution in [2.45, 2.75) is 66.8 Å². The predicted molar refractivity (Wildman–Crippen MR) is 526 cm³/mol. The SMILES string of the molecule is CCCN(c1cc(OC)cc(OC)c1)c1ccc2ncc(-c3cnn(C)c3C)nc2c1.CCCN(c1cc(OC)cc(OC)c1)c1ccc2ncc(-c3cnn(C)c3CCO)nc2c1.COc1cc(OC)c(Cl)c(N(CCNC(C)C)c2ccc3ncc(-c4cnn(C)c4C)nc3c2)c1Cl.COc1cc(OC)cc(N(CCN(C)C)c2ccc3ncc(-c4cnn(C)c4)nc3c2)c1.